The van der Waals surface area contributed by atoms with Crippen LogP contribution in [0.5, 0.6) is 0 Å². The Bertz CT molecular complexity index is 1250. The second-order valence-electron chi connectivity index (χ2n) is 9.96. The molecule has 3 amide bonds. The zero-order chi connectivity index (χ0) is 25.0. The molecular formula is C30H28N2O3S. The summed E-state index contributed by atoms with van der Waals surface area (Å²) in [5.41, 5.74) is 6.29. The molecule has 3 aromatic rings. The summed E-state index contributed by atoms with van der Waals surface area (Å²) in [5, 5.41) is 2.96. The van der Waals surface area contributed by atoms with Gasteiger partial charge in [-0.15, -0.1) is 0 Å². The normalized spacial score (nSPS) is 24.2. The number of hydrogen-bond donors (Lipinski definition) is 1. The highest BCUT2D eigenvalue weighted by Crippen LogP contribution is 2.61. The summed E-state index contributed by atoms with van der Waals surface area (Å²) in [7, 11) is 0. The van der Waals surface area contributed by atoms with Gasteiger partial charge in [0, 0.05) is 17.5 Å². The van der Waals surface area contributed by atoms with Gasteiger partial charge in [0.15, 0.2) is 0 Å². The maximum Gasteiger partial charge on any atom is 0.247 e. The van der Waals surface area contributed by atoms with E-state index in [1.54, 1.807) is 11.8 Å². The first-order valence-electron chi connectivity index (χ1n) is 12.4. The van der Waals surface area contributed by atoms with Gasteiger partial charge in [-0.3, -0.25) is 19.3 Å². The third-order valence-electron chi connectivity index (χ3n) is 8.01. The summed E-state index contributed by atoms with van der Waals surface area (Å²) >= 11 is 1.61. The van der Waals surface area contributed by atoms with Gasteiger partial charge in [0.25, 0.3) is 0 Å². The Morgan fingerprint density at radius 3 is 1.75 bits per heavy atom. The van der Waals surface area contributed by atoms with E-state index >= 15 is 0 Å². The van der Waals surface area contributed by atoms with E-state index in [1.807, 2.05) is 61.7 Å². The molecule has 0 aromatic heterocycles. The molecule has 0 unspecified atom stereocenters. The van der Waals surface area contributed by atoms with Crippen LogP contribution in [0.15, 0.2) is 72.8 Å². The quantitative estimate of drug-likeness (QED) is 0.491. The summed E-state index contributed by atoms with van der Waals surface area (Å²) in [6, 6.07) is 23.1. The number of aryl methyl sites for hydroxylation is 1. The predicted molar refractivity (Wildman–Crippen MR) is 142 cm³/mol. The van der Waals surface area contributed by atoms with Gasteiger partial charge in [0.1, 0.15) is 6.04 Å². The third kappa shape index (κ3) is 3.42. The number of thioether (sulfide) groups is 1. The van der Waals surface area contributed by atoms with Crippen molar-refractivity contribution < 1.29 is 14.4 Å². The molecule has 3 aromatic carbocycles. The lowest BCUT2D eigenvalue weighted by Gasteiger charge is -2.45. The predicted octanol–water partition coefficient (Wildman–Crippen LogP) is 4.95. The lowest BCUT2D eigenvalue weighted by molar-refractivity contribution is -0.146. The average molecular weight is 497 g/mol. The second-order valence-corrected chi connectivity index (χ2v) is 10.9. The molecule has 182 valence electrons. The number of nitrogens with one attached hydrogen (secondary N) is 1. The van der Waals surface area contributed by atoms with Crippen LogP contribution in [0.4, 0.5) is 5.69 Å². The monoisotopic (exact) mass is 496 g/mol. The number of likely N-dealkylation sites (tertiary alicyclic amines) is 1. The SMILES string of the molecule is CSCC[C@H](C(=O)Nc1ccc(C)cc1)N1C(=O)[C@H]2C3c4ccccc4C(c4ccccc43)[C@@H]2C1=O. The van der Waals surface area contributed by atoms with E-state index < -0.39 is 17.9 Å². The molecule has 0 radical (unpaired) electrons. The maximum atomic E-state index is 14.1. The summed E-state index contributed by atoms with van der Waals surface area (Å²) in [5.74, 6) is -1.36. The topological polar surface area (TPSA) is 66.5 Å². The molecule has 0 saturated carbocycles. The summed E-state index contributed by atoms with van der Waals surface area (Å²) < 4.78 is 0. The minimum atomic E-state index is -0.838. The van der Waals surface area contributed by atoms with Gasteiger partial charge < -0.3 is 5.32 Å². The Balaban J connectivity index is 1.39. The number of hydrogen-bond acceptors (Lipinski definition) is 4. The molecule has 5 nitrogen and oxygen atoms in total. The fourth-order valence-corrected chi connectivity index (χ4v) is 6.94. The van der Waals surface area contributed by atoms with Crippen LogP contribution in [0.1, 0.15) is 46.1 Å². The van der Waals surface area contributed by atoms with Crippen molar-refractivity contribution in [1.82, 2.24) is 4.90 Å². The molecule has 3 aliphatic carbocycles. The highest BCUT2D eigenvalue weighted by Gasteiger charge is 2.62. The summed E-state index contributed by atoms with van der Waals surface area (Å²) in [6.07, 6.45) is 2.39. The van der Waals surface area contributed by atoms with Gasteiger partial charge in [-0.1, -0.05) is 66.2 Å². The number of nitrogens with zero attached hydrogens (tertiary/aromatic N) is 1. The van der Waals surface area contributed by atoms with Gasteiger partial charge in [-0.2, -0.15) is 11.8 Å². The Morgan fingerprint density at radius 1 is 0.833 bits per heavy atom. The number of amides is 3. The van der Waals surface area contributed by atoms with Crippen LogP contribution in [0.25, 0.3) is 0 Å². The first-order chi connectivity index (χ1) is 17.5. The van der Waals surface area contributed by atoms with Crippen molar-refractivity contribution in [2.75, 3.05) is 17.3 Å². The van der Waals surface area contributed by atoms with E-state index in [1.165, 1.54) is 4.90 Å². The summed E-state index contributed by atoms with van der Waals surface area (Å²) in [4.78, 5) is 43.0. The van der Waals surface area contributed by atoms with Crippen LogP contribution in [0, 0.1) is 18.8 Å². The van der Waals surface area contributed by atoms with Crippen LogP contribution in [-0.2, 0) is 14.4 Å². The number of carbonyl (C=O) groups excluding carboxylic acids is 3. The highest BCUT2D eigenvalue weighted by molar-refractivity contribution is 7.98. The van der Waals surface area contributed by atoms with Crippen molar-refractivity contribution in [3.05, 3.63) is 101 Å². The second kappa shape index (κ2) is 8.93. The van der Waals surface area contributed by atoms with Gasteiger partial charge in [-0.25, -0.2) is 0 Å². The largest absolute Gasteiger partial charge is 0.324 e. The van der Waals surface area contributed by atoms with Gasteiger partial charge in [0.05, 0.1) is 11.8 Å². The molecular weight excluding hydrogens is 468 g/mol. The van der Waals surface area contributed by atoms with E-state index in [0.29, 0.717) is 17.9 Å². The Hall–Kier alpha value is -3.38. The van der Waals surface area contributed by atoms with Gasteiger partial charge in [-0.05, 0) is 59.7 Å². The first kappa shape index (κ1) is 23.0. The number of anilines is 1. The molecule has 1 saturated heterocycles. The van der Waals surface area contributed by atoms with Crippen LogP contribution in [-0.4, -0.2) is 40.7 Å². The molecule has 6 heteroatoms. The van der Waals surface area contributed by atoms with E-state index in [2.05, 4.69) is 29.6 Å². The van der Waals surface area contributed by atoms with Gasteiger partial charge >= 0.3 is 0 Å². The number of benzene rings is 3. The average Bonchev–Trinajstić information content (AvgIpc) is 3.16. The molecule has 0 spiro atoms. The molecule has 1 aliphatic heterocycles. The smallest absolute Gasteiger partial charge is 0.247 e. The summed E-state index contributed by atoms with van der Waals surface area (Å²) in [6.45, 7) is 1.99. The lowest BCUT2D eigenvalue weighted by Crippen LogP contribution is -2.48. The molecule has 7 rings (SSSR count). The minimum Gasteiger partial charge on any atom is -0.324 e. The van der Waals surface area contributed by atoms with Gasteiger partial charge in [0.2, 0.25) is 17.7 Å². The minimum absolute atomic E-state index is 0.171. The first-order valence-corrected chi connectivity index (χ1v) is 13.8. The van der Waals surface area contributed by atoms with Crippen LogP contribution in [0.3, 0.4) is 0 Å². The Labute approximate surface area is 215 Å². The van der Waals surface area contributed by atoms with Crippen molar-refractivity contribution >= 4 is 35.2 Å². The molecule has 1 heterocycles. The molecule has 2 bridgehead atoms. The van der Waals surface area contributed by atoms with Crippen molar-refractivity contribution in [2.45, 2.75) is 31.2 Å². The molecule has 3 atom stereocenters. The van der Waals surface area contributed by atoms with Crippen LogP contribution >= 0.6 is 11.8 Å². The number of rotatable bonds is 6. The van der Waals surface area contributed by atoms with Crippen molar-refractivity contribution in [1.29, 1.82) is 0 Å². The van der Waals surface area contributed by atoms with Crippen LogP contribution < -0.4 is 5.32 Å². The third-order valence-corrected chi connectivity index (χ3v) is 8.66. The van der Waals surface area contributed by atoms with E-state index in [4.69, 9.17) is 0 Å². The standard InChI is InChI=1S/C30H28N2O3S/c1-17-11-13-18(14-12-17)31-28(33)23(15-16-36-2)32-29(34)26-24-19-7-3-4-8-20(19)25(27(26)30(32)35)22-10-6-5-9-21(22)24/h3-14,23-27H,15-16H2,1-2H3,(H,31,33)/t23-,24?,25?,26+,27+/m1/s1. The Morgan fingerprint density at radius 2 is 1.31 bits per heavy atom. The Kier molecular flexibility index (Phi) is 5.72. The zero-order valence-corrected chi connectivity index (χ0v) is 21.1. The highest BCUT2D eigenvalue weighted by atomic mass is 32.2. The fraction of sp³-hybridized carbons (Fsp3) is 0.300. The van der Waals surface area contributed by atoms with Crippen LogP contribution in [0.2, 0.25) is 0 Å². The van der Waals surface area contributed by atoms with Crippen molar-refractivity contribution in [3.8, 4) is 0 Å². The molecule has 1 fully saturated rings. The maximum absolute atomic E-state index is 14.1. The number of carbonyl (C=O) groups is 3. The van der Waals surface area contributed by atoms with Crippen molar-refractivity contribution in [3.63, 3.8) is 0 Å². The lowest BCUT2D eigenvalue weighted by atomic mass is 9.55. The van der Waals surface area contributed by atoms with E-state index in [-0.39, 0.29) is 29.6 Å². The fourth-order valence-electron chi connectivity index (χ4n) is 6.48. The molecule has 1 N–H and O–H groups in total. The van der Waals surface area contributed by atoms with E-state index in [0.717, 1.165) is 27.8 Å². The number of imide groups is 1. The zero-order valence-electron chi connectivity index (χ0n) is 20.3. The van der Waals surface area contributed by atoms with Crippen molar-refractivity contribution in [2.24, 2.45) is 11.8 Å². The molecule has 4 aliphatic rings. The van der Waals surface area contributed by atoms with E-state index in [9.17, 15) is 14.4 Å². The molecule has 36 heavy (non-hydrogen) atoms.